The highest BCUT2D eigenvalue weighted by atomic mass is 35.5. The monoisotopic (exact) mass is 454 g/mol. The molecule has 0 saturated heterocycles. The van der Waals surface area contributed by atoms with Crippen LogP contribution in [-0.2, 0) is 11.8 Å². The number of aliphatic hydroxyl groups is 1. The lowest BCUT2D eigenvalue weighted by atomic mass is 9.72. The number of rotatable bonds is 5. The molecule has 3 aliphatic rings. The molecule has 0 aromatic heterocycles. The molecule has 168 valence electrons. The number of hydrogen-bond acceptors (Lipinski definition) is 4. The zero-order valence-electron chi connectivity index (χ0n) is 17.7. The minimum absolute atomic E-state index is 0.456. The summed E-state index contributed by atoms with van der Waals surface area (Å²) in [5.74, 6) is 0.587. The molecular formula is C23H26ClF3N2O2. The summed E-state index contributed by atoms with van der Waals surface area (Å²) in [5, 5.41) is 14.5. The summed E-state index contributed by atoms with van der Waals surface area (Å²) in [7, 11) is 1.84. The first kappa shape index (κ1) is 22.1. The molecule has 1 aromatic carbocycles. The lowest BCUT2D eigenvalue weighted by molar-refractivity contribution is -0.270. The van der Waals surface area contributed by atoms with Crippen LogP contribution in [0.15, 0.2) is 48.0 Å². The first-order chi connectivity index (χ1) is 14.4. The topological polar surface area (TPSA) is 44.7 Å². The van der Waals surface area contributed by atoms with E-state index in [2.05, 4.69) is 5.32 Å². The first-order valence-corrected chi connectivity index (χ1v) is 10.6. The number of hydrogen-bond donors (Lipinski definition) is 2. The standard InChI is InChI=1S/C23H26ClF3N2O2/c1-21(2,18-10-16(24)8-15-5-7-31-20(15)18)13-22(30,23(25,26)27)11-17-9-14-4-6-29(3)12-19(14)28-17/h4,6,8-10,12,17,28,30H,5,7,11,13H2,1-3H3. The Morgan fingerprint density at radius 3 is 2.74 bits per heavy atom. The molecule has 0 spiro atoms. The molecule has 0 aliphatic carbocycles. The van der Waals surface area contributed by atoms with E-state index in [1.54, 1.807) is 32.1 Å². The number of halogens is 4. The van der Waals surface area contributed by atoms with Crippen molar-refractivity contribution in [3.63, 3.8) is 0 Å². The van der Waals surface area contributed by atoms with Gasteiger partial charge >= 0.3 is 6.18 Å². The van der Waals surface area contributed by atoms with Crippen LogP contribution in [0.4, 0.5) is 13.2 Å². The van der Waals surface area contributed by atoms with Gasteiger partial charge in [-0.25, -0.2) is 0 Å². The highest BCUT2D eigenvalue weighted by molar-refractivity contribution is 6.30. The van der Waals surface area contributed by atoms with E-state index in [-0.39, 0.29) is 0 Å². The maximum atomic E-state index is 14.2. The van der Waals surface area contributed by atoms with Crippen LogP contribution in [0.1, 0.15) is 37.8 Å². The predicted octanol–water partition coefficient (Wildman–Crippen LogP) is 4.82. The van der Waals surface area contributed by atoms with Gasteiger partial charge in [-0.2, -0.15) is 13.2 Å². The van der Waals surface area contributed by atoms with Crippen molar-refractivity contribution < 1.29 is 23.0 Å². The smallest absolute Gasteiger partial charge is 0.417 e. The molecule has 0 saturated carbocycles. The minimum atomic E-state index is -4.80. The molecule has 0 amide bonds. The molecule has 2 unspecified atom stereocenters. The summed E-state index contributed by atoms with van der Waals surface area (Å²) in [6.07, 6.45) is 2.07. The fourth-order valence-corrected chi connectivity index (χ4v) is 4.93. The molecule has 8 heteroatoms. The van der Waals surface area contributed by atoms with Gasteiger partial charge in [0.25, 0.3) is 0 Å². The number of allylic oxidation sites excluding steroid dienone is 1. The quantitative estimate of drug-likeness (QED) is 0.669. The Morgan fingerprint density at radius 2 is 2.03 bits per heavy atom. The molecule has 3 aliphatic heterocycles. The lowest BCUT2D eigenvalue weighted by Gasteiger charge is -2.39. The van der Waals surface area contributed by atoms with Gasteiger partial charge in [0.15, 0.2) is 5.60 Å². The van der Waals surface area contributed by atoms with E-state index in [0.29, 0.717) is 29.4 Å². The Labute approximate surface area is 185 Å². The predicted molar refractivity (Wildman–Crippen MR) is 114 cm³/mol. The van der Waals surface area contributed by atoms with Crippen molar-refractivity contribution in [3.05, 3.63) is 64.1 Å². The van der Waals surface area contributed by atoms with Crippen LogP contribution in [0.25, 0.3) is 0 Å². The van der Waals surface area contributed by atoms with Gasteiger partial charge in [-0.3, -0.25) is 0 Å². The van der Waals surface area contributed by atoms with E-state index < -0.39 is 36.1 Å². The second kappa shape index (κ2) is 7.48. The number of fused-ring (bicyclic) bond motifs is 2. The minimum Gasteiger partial charge on any atom is -0.493 e. The summed E-state index contributed by atoms with van der Waals surface area (Å²) in [5.41, 5.74) is -0.869. The number of benzene rings is 1. The largest absolute Gasteiger partial charge is 0.493 e. The highest BCUT2D eigenvalue weighted by Crippen LogP contribution is 2.48. The van der Waals surface area contributed by atoms with Gasteiger partial charge in [0, 0.05) is 48.9 Å². The maximum Gasteiger partial charge on any atom is 0.417 e. The highest BCUT2D eigenvalue weighted by Gasteiger charge is 2.57. The molecule has 0 radical (unpaired) electrons. The van der Waals surface area contributed by atoms with E-state index >= 15 is 0 Å². The molecule has 3 heterocycles. The van der Waals surface area contributed by atoms with Gasteiger partial charge in [-0.05, 0) is 41.2 Å². The van der Waals surface area contributed by atoms with Crippen molar-refractivity contribution in [3.8, 4) is 5.75 Å². The molecule has 2 atom stereocenters. The molecule has 4 nitrogen and oxygen atoms in total. The molecular weight excluding hydrogens is 429 g/mol. The Bertz CT molecular complexity index is 984. The SMILES string of the molecule is CN1C=CC2=CC(CC(O)(CC(C)(C)c3cc(Cl)cc4c3OCC4)C(F)(F)F)NC2=C1. The van der Waals surface area contributed by atoms with Crippen LogP contribution in [0.2, 0.25) is 5.02 Å². The lowest BCUT2D eigenvalue weighted by Crippen LogP contribution is -2.52. The Hall–Kier alpha value is -2.12. The van der Waals surface area contributed by atoms with Crippen LogP contribution in [0.3, 0.4) is 0 Å². The summed E-state index contributed by atoms with van der Waals surface area (Å²) < 4.78 is 48.3. The summed E-state index contributed by atoms with van der Waals surface area (Å²) in [6.45, 7) is 3.86. The van der Waals surface area contributed by atoms with Gasteiger partial charge < -0.3 is 20.1 Å². The molecule has 2 N–H and O–H groups in total. The molecule has 31 heavy (non-hydrogen) atoms. The first-order valence-electron chi connectivity index (χ1n) is 10.2. The summed E-state index contributed by atoms with van der Waals surface area (Å²) in [6, 6.07) is 2.80. The molecule has 1 aromatic rings. The molecule has 0 bridgehead atoms. The van der Waals surface area contributed by atoms with Crippen LogP contribution < -0.4 is 10.1 Å². The Morgan fingerprint density at radius 1 is 1.29 bits per heavy atom. The second-order valence-electron chi connectivity index (χ2n) is 9.23. The average Bonchev–Trinajstić information content (AvgIpc) is 3.24. The number of ether oxygens (including phenoxy) is 1. The van der Waals surface area contributed by atoms with Crippen molar-refractivity contribution in [2.24, 2.45) is 0 Å². The fraction of sp³-hybridized carbons (Fsp3) is 0.478. The van der Waals surface area contributed by atoms with E-state index in [9.17, 15) is 18.3 Å². The van der Waals surface area contributed by atoms with E-state index in [4.69, 9.17) is 16.3 Å². The summed E-state index contributed by atoms with van der Waals surface area (Å²) >= 11 is 6.24. The third-order valence-corrected chi connectivity index (χ3v) is 6.37. The second-order valence-corrected chi connectivity index (χ2v) is 9.67. The summed E-state index contributed by atoms with van der Waals surface area (Å²) in [4.78, 5) is 1.82. The van der Waals surface area contributed by atoms with Crippen molar-refractivity contribution in [2.75, 3.05) is 13.7 Å². The van der Waals surface area contributed by atoms with Gasteiger partial charge in [-0.1, -0.05) is 31.5 Å². The third-order valence-electron chi connectivity index (χ3n) is 6.15. The normalized spacial score (nSPS) is 22.2. The van der Waals surface area contributed by atoms with Gasteiger partial charge in [0.2, 0.25) is 0 Å². The van der Waals surface area contributed by atoms with Gasteiger partial charge in [-0.15, -0.1) is 0 Å². The number of alkyl halides is 3. The van der Waals surface area contributed by atoms with Crippen LogP contribution in [0.5, 0.6) is 5.75 Å². The zero-order valence-corrected chi connectivity index (χ0v) is 18.4. The van der Waals surface area contributed by atoms with Crippen molar-refractivity contribution in [2.45, 2.75) is 56.3 Å². The number of nitrogens with zero attached hydrogens (tertiary/aromatic N) is 1. The number of nitrogens with one attached hydrogen (secondary N) is 1. The van der Waals surface area contributed by atoms with E-state index in [1.165, 1.54) is 0 Å². The van der Waals surface area contributed by atoms with Crippen molar-refractivity contribution in [1.29, 1.82) is 0 Å². The van der Waals surface area contributed by atoms with Gasteiger partial charge in [0.1, 0.15) is 5.75 Å². The van der Waals surface area contributed by atoms with E-state index in [1.807, 2.05) is 30.4 Å². The average molecular weight is 455 g/mol. The fourth-order valence-electron chi connectivity index (χ4n) is 4.69. The van der Waals surface area contributed by atoms with Crippen LogP contribution >= 0.6 is 11.6 Å². The van der Waals surface area contributed by atoms with Gasteiger partial charge in [0.05, 0.1) is 12.3 Å². The third kappa shape index (κ3) is 4.17. The van der Waals surface area contributed by atoms with Crippen LogP contribution in [-0.4, -0.2) is 41.5 Å². The van der Waals surface area contributed by atoms with Crippen molar-refractivity contribution >= 4 is 11.6 Å². The Kier molecular flexibility index (Phi) is 5.33. The molecule has 4 rings (SSSR count). The zero-order chi connectivity index (χ0) is 22.6. The Balaban J connectivity index is 1.63. The molecule has 0 fully saturated rings. The van der Waals surface area contributed by atoms with E-state index in [0.717, 1.165) is 16.8 Å². The van der Waals surface area contributed by atoms with Crippen molar-refractivity contribution in [1.82, 2.24) is 10.2 Å². The van der Waals surface area contributed by atoms with Crippen LogP contribution in [0, 0.1) is 0 Å². The maximum absolute atomic E-state index is 14.2.